The number of hydrogen-bond donors (Lipinski definition) is 1. The third kappa shape index (κ3) is 9.68. The van der Waals surface area contributed by atoms with Gasteiger partial charge in [0.15, 0.2) is 0 Å². The van der Waals surface area contributed by atoms with Gasteiger partial charge in [-0.1, -0.05) is 104 Å². The van der Waals surface area contributed by atoms with E-state index >= 15 is 0 Å². The number of carboxylic acids is 1. The zero-order valence-corrected chi connectivity index (χ0v) is 21.2. The molecule has 0 saturated carbocycles. The van der Waals surface area contributed by atoms with Gasteiger partial charge >= 0.3 is 5.97 Å². The number of aliphatic carboxylic acids is 1. The van der Waals surface area contributed by atoms with Crippen LogP contribution >= 0.6 is 0 Å². The summed E-state index contributed by atoms with van der Waals surface area (Å²) < 4.78 is 6.39. The van der Waals surface area contributed by atoms with Crippen LogP contribution in [0.15, 0.2) is 103 Å². The standard InChI is InChI=1S/C28H32N2O.C3H6O2/c1-4-11-25(12-5-1)13-10-18-29-19-21-30(22-20-29)23-24-31-28(26-14-6-2-7-15-26)27-16-8-3-9-17-27;1-2-3(4)5/h1-12,14-18,28H,13,19-24H2;2H2,1H3,(H,4,5)/b18-10+;. The van der Waals surface area contributed by atoms with E-state index in [-0.39, 0.29) is 12.5 Å². The quantitative estimate of drug-likeness (QED) is 0.401. The van der Waals surface area contributed by atoms with Crippen LogP contribution in [0.1, 0.15) is 36.1 Å². The highest BCUT2D eigenvalue weighted by molar-refractivity contribution is 5.66. The predicted octanol–water partition coefficient (Wildman–Crippen LogP) is 5.65. The summed E-state index contributed by atoms with van der Waals surface area (Å²) in [7, 11) is 0. The molecule has 0 bridgehead atoms. The monoisotopic (exact) mass is 486 g/mol. The van der Waals surface area contributed by atoms with E-state index in [0.717, 1.165) is 45.8 Å². The van der Waals surface area contributed by atoms with Gasteiger partial charge in [-0.25, -0.2) is 0 Å². The van der Waals surface area contributed by atoms with Gasteiger partial charge < -0.3 is 14.7 Å². The molecule has 1 aliphatic rings. The van der Waals surface area contributed by atoms with Crippen LogP contribution in [-0.4, -0.2) is 60.2 Å². The number of piperazine rings is 1. The molecule has 5 nitrogen and oxygen atoms in total. The molecule has 4 rings (SSSR count). The second kappa shape index (κ2) is 15.6. The summed E-state index contributed by atoms with van der Waals surface area (Å²) in [6.45, 7) is 7.62. The maximum atomic E-state index is 9.37. The van der Waals surface area contributed by atoms with Crippen LogP contribution in [0.25, 0.3) is 0 Å². The van der Waals surface area contributed by atoms with Gasteiger partial charge in [-0.15, -0.1) is 0 Å². The van der Waals surface area contributed by atoms with Crippen molar-refractivity contribution in [3.05, 3.63) is 120 Å². The summed E-state index contributed by atoms with van der Waals surface area (Å²) in [4.78, 5) is 14.3. The molecule has 36 heavy (non-hydrogen) atoms. The van der Waals surface area contributed by atoms with Crippen molar-refractivity contribution in [3.63, 3.8) is 0 Å². The van der Waals surface area contributed by atoms with Crippen LogP contribution < -0.4 is 0 Å². The topological polar surface area (TPSA) is 53.0 Å². The SMILES string of the molecule is C(=C\N1CCN(CCOC(c2ccccc2)c2ccccc2)CC1)/Cc1ccccc1.CCC(=O)O. The van der Waals surface area contributed by atoms with Crippen molar-refractivity contribution in [3.8, 4) is 0 Å². The molecule has 0 unspecified atom stereocenters. The molecule has 0 aliphatic carbocycles. The Morgan fingerprint density at radius 3 is 1.86 bits per heavy atom. The lowest BCUT2D eigenvalue weighted by atomic mass is 10.0. The molecule has 0 amide bonds. The Morgan fingerprint density at radius 2 is 1.36 bits per heavy atom. The lowest BCUT2D eigenvalue weighted by Crippen LogP contribution is -2.45. The molecule has 1 aliphatic heterocycles. The Morgan fingerprint density at radius 1 is 0.861 bits per heavy atom. The van der Waals surface area contributed by atoms with Crippen LogP contribution in [0.3, 0.4) is 0 Å². The number of hydrogen-bond acceptors (Lipinski definition) is 4. The third-order valence-corrected chi connectivity index (χ3v) is 6.12. The van der Waals surface area contributed by atoms with E-state index in [4.69, 9.17) is 9.84 Å². The normalized spacial score (nSPS) is 14.0. The fourth-order valence-electron chi connectivity index (χ4n) is 4.03. The molecule has 3 aromatic carbocycles. The number of ether oxygens (including phenoxy) is 1. The van der Waals surface area contributed by atoms with Gasteiger partial charge in [0.2, 0.25) is 0 Å². The molecule has 0 spiro atoms. The average Bonchev–Trinajstić information content (AvgIpc) is 2.94. The molecule has 1 heterocycles. The van der Waals surface area contributed by atoms with Crippen LogP contribution in [0.4, 0.5) is 0 Å². The van der Waals surface area contributed by atoms with Crippen molar-refractivity contribution in [2.75, 3.05) is 39.3 Å². The first-order valence-corrected chi connectivity index (χ1v) is 12.8. The van der Waals surface area contributed by atoms with Crippen molar-refractivity contribution in [1.82, 2.24) is 9.80 Å². The maximum Gasteiger partial charge on any atom is 0.303 e. The van der Waals surface area contributed by atoms with Crippen molar-refractivity contribution in [2.45, 2.75) is 25.9 Å². The van der Waals surface area contributed by atoms with E-state index in [1.807, 2.05) is 0 Å². The lowest BCUT2D eigenvalue weighted by molar-refractivity contribution is -0.136. The minimum atomic E-state index is -0.745. The first kappa shape index (κ1) is 27.2. The highest BCUT2D eigenvalue weighted by atomic mass is 16.5. The van der Waals surface area contributed by atoms with Gasteiger partial charge in [0.05, 0.1) is 6.61 Å². The number of carboxylic acid groups (broad SMARTS) is 1. The van der Waals surface area contributed by atoms with Crippen molar-refractivity contribution >= 4 is 5.97 Å². The molecule has 1 N–H and O–H groups in total. The molecule has 1 fully saturated rings. The lowest BCUT2D eigenvalue weighted by Gasteiger charge is -2.34. The van der Waals surface area contributed by atoms with Crippen molar-refractivity contribution < 1.29 is 14.6 Å². The number of carbonyl (C=O) groups is 1. The van der Waals surface area contributed by atoms with Crippen LogP contribution in [-0.2, 0) is 16.0 Å². The fraction of sp³-hybridized carbons (Fsp3) is 0.323. The van der Waals surface area contributed by atoms with E-state index in [2.05, 4.69) is 113 Å². The Balaban J connectivity index is 0.000000658. The molecular formula is C31H38N2O3. The van der Waals surface area contributed by atoms with Gasteiger partial charge in [0.1, 0.15) is 6.10 Å². The summed E-state index contributed by atoms with van der Waals surface area (Å²) in [5, 5.41) is 7.72. The number of benzene rings is 3. The van der Waals surface area contributed by atoms with Gasteiger partial charge in [0.25, 0.3) is 0 Å². The second-order valence-electron chi connectivity index (χ2n) is 8.77. The Labute approximate surface area is 215 Å². The molecule has 5 heteroatoms. The summed E-state index contributed by atoms with van der Waals surface area (Å²) in [6.07, 6.45) is 5.75. The average molecular weight is 487 g/mol. The highest BCUT2D eigenvalue weighted by Crippen LogP contribution is 2.25. The number of nitrogens with zero attached hydrogens (tertiary/aromatic N) is 2. The van der Waals surface area contributed by atoms with Gasteiger partial charge in [0, 0.05) is 39.1 Å². The van der Waals surface area contributed by atoms with Gasteiger partial charge in [-0.3, -0.25) is 9.69 Å². The molecular weight excluding hydrogens is 448 g/mol. The molecule has 0 aromatic heterocycles. The Kier molecular flexibility index (Phi) is 11.7. The third-order valence-electron chi connectivity index (χ3n) is 6.12. The van der Waals surface area contributed by atoms with E-state index < -0.39 is 5.97 Å². The Hall–Kier alpha value is -3.41. The van der Waals surface area contributed by atoms with Crippen LogP contribution in [0.2, 0.25) is 0 Å². The highest BCUT2D eigenvalue weighted by Gasteiger charge is 2.17. The van der Waals surface area contributed by atoms with Gasteiger partial charge in [-0.05, 0) is 29.3 Å². The minimum Gasteiger partial charge on any atom is -0.481 e. The molecule has 0 radical (unpaired) electrons. The second-order valence-corrected chi connectivity index (χ2v) is 8.77. The van der Waals surface area contributed by atoms with Crippen LogP contribution in [0, 0.1) is 0 Å². The summed E-state index contributed by atoms with van der Waals surface area (Å²) in [6, 6.07) is 31.7. The maximum absolute atomic E-state index is 9.37. The largest absolute Gasteiger partial charge is 0.481 e. The zero-order chi connectivity index (χ0) is 25.4. The van der Waals surface area contributed by atoms with E-state index in [1.165, 1.54) is 16.7 Å². The molecule has 1 saturated heterocycles. The Bertz CT molecular complexity index is 978. The summed E-state index contributed by atoms with van der Waals surface area (Å²) in [5.74, 6) is -0.745. The molecule has 0 atom stereocenters. The van der Waals surface area contributed by atoms with E-state index in [0.29, 0.717) is 0 Å². The van der Waals surface area contributed by atoms with E-state index in [9.17, 15) is 4.79 Å². The first-order chi connectivity index (χ1) is 17.7. The molecule has 3 aromatic rings. The predicted molar refractivity (Wildman–Crippen MR) is 146 cm³/mol. The fourth-order valence-corrected chi connectivity index (χ4v) is 4.03. The van der Waals surface area contributed by atoms with Crippen molar-refractivity contribution in [1.29, 1.82) is 0 Å². The smallest absolute Gasteiger partial charge is 0.303 e. The van der Waals surface area contributed by atoms with Gasteiger partial charge in [-0.2, -0.15) is 0 Å². The number of rotatable bonds is 10. The number of allylic oxidation sites excluding steroid dienone is 1. The minimum absolute atomic E-state index is 0.00962. The van der Waals surface area contributed by atoms with Crippen molar-refractivity contribution in [2.24, 2.45) is 0 Å². The zero-order valence-electron chi connectivity index (χ0n) is 21.2. The summed E-state index contributed by atoms with van der Waals surface area (Å²) in [5.41, 5.74) is 3.78. The summed E-state index contributed by atoms with van der Waals surface area (Å²) >= 11 is 0. The first-order valence-electron chi connectivity index (χ1n) is 12.8. The van der Waals surface area contributed by atoms with Crippen LogP contribution in [0.5, 0.6) is 0 Å². The molecule has 190 valence electrons. The van der Waals surface area contributed by atoms with E-state index in [1.54, 1.807) is 6.92 Å².